The van der Waals surface area contributed by atoms with Crippen molar-refractivity contribution in [1.29, 1.82) is 5.41 Å². The minimum Gasteiger partial charge on any atom is -0.404 e. The van der Waals surface area contributed by atoms with E-state index in [1.54, 1.807) is 0 Å². The highest BCUT2D eigenvalue weighted by atomic mass is 14.5. The third kappa shape index (κ3) is 0.914. The fraction of sp³-hybridized carbons (Fsp3) is 0. The molecule has 2 nitrogen and oxygen atoms in total. The summed E-state index contributed by atoms with van der Waals surface area (Å²) >= 11 is 0. The molecule has 1 aliphatic rings. The maximum absolute atomic E-state index is 6.90. The second kappa shape index (κ2) is 2.31. The van der Waals surface area contributed by atoms with Crippen molar-refractivity contribution in [1.82, 2.24) is 0 Å². The van der Waals surface area contributed by atoms with E-state index in [0.717, 1.165) is 11.1 Å². The average molecular weight is 120 g/mol. The standard InChI is InChI=1S/C7H8N2/c8-4-6-2-1-3-7(6)5-9/h1-5,8H,9H2/b7-5-,8-4?. The molecule has 0 bridgehead atoms. The van der Waals surface area contributed by atoms with E-state index < -0.39 is 0 Å². The van der Waals surface area contributed by atoms with E-state index in [9.17, 15) is 0 Å². The first-order chi connectivity index (χ1) is 4.38. The van der Waals surface area contributed by atoms with Crippen molar-refractivity contribution >= 4 is 6.21 Å². The zero-order valence-electron chi connectivity index (χ0n) is 4.96. The lowest BCUT2D eigenvalue weighted by Crippen LogP contribution is -1.88. The van der Waals surface area contributed by atoms with Gasteiger partial charge in [0.25, 0.3) is 0 Å². The number of nitrogens with one attached hydrogen (secondary N) is 1. The van der Waals surface area contributed by atoms with Gasteiger partial charge in [-0.3, -0.25) is 0 Å². The lowest BCUT2D eigenvalue weighted by molar-refractivity contribution is 1.49. The Morgan fingerprint density at radius 1 is 1.56 bits per heavy atom. The van der Waals surface area contributed by atoms with Gasteiger partial charge in [0.1, 0.15) is 0 Å². The van der Waals surface area contributed by atoms with Crippen LogP contribution < -0.4 is 5.73 Å². The van der Waals surface area contributed by atoms with E-state index in [-0.39, 0.29) is 0 Å². The summed E-state index contributed by atoms with van der Waals surface area (Å²) in [5, 5.41) is 6.90. The van der Waals surface area contributed by atoms with E-state index >= 15 is 0 Å². The van der Waals surface area contributed by atoms with Gasteiger partial charge in [0, 0.05) is 18.0 Å². The smallest absolute Gasteiger partial charge is 0.0256 e. The van der Waals surface area contributed by atoms with Crippen LogP contribution in [0.2, 0.25) is 0 Å². The third-order valence-electron chi connectivity index (χ3n) is 1.22. The van der Waals surface area contributed by atoms with Crippen molar-refractivity contribution < 1.29 is 0 Å². The van der Waals surface area contributed by atoms with E-state index in [0.29, 0.717) is 0 Å². The predicted octanol–water partition coefficient (Wildman–Crippen LogP) is 0.975. The van der Waals surface area contributed by atoms with Gasteiger partial charge in [0.05, 0.1) is 0 Å². The molecule has 0 heterocycles. The molecule has 0 aromatic heterocycles. The Hall–Kier alpha value is -1.31. The quantitative estimate of drug-likeness (QED) is 0.498. The fourth-order valence-corrected chi connectivity index (χ4v) is 0.731. The molecule has 0 saturated heterocycles. The highest BCUT2D eigenvalue weighted by molar-refractivity contribution is 5.85. The van der Waals surface area contributed by atoms with Crippen molar-refractivity contribution in [3.8, 4) is 0 Å². The molecule has 0 amide bonds. The van der Waals surface area contributed by atoms with Crippen molar-refractivity contribution in [2.45, 2.75) is 0 Å². The number of hydrogen-bond acceptors (Lipinski definition) is 2. The molecule has 0 spiro atoms. The van der Waals surface area contributed by atoms with Crippen LogP contribution in [-0.2, 0) is 0 Å². The first-order valence-corrected chi connectivity index (χ1v) is 2.69. The van der Waals surface area contributed by atoms with Crippen LogP contribution in [0.15, 0.2) is 35.6 Å². The monoisotopic (exact) mass is 120 g/mol. The molecular formula is C7H8N2. The minimum atomic E-state index is 0.873. The molecule has 0 saturated carbocycles. The fourth-order valence-electron chi connectivity index (χ4n) is 0.731. The van der Waals surface area contributed by atoms with Gasteiger partial charge >= 0.3 is 0 Å². The zero-order valence-corrected chi connectivity index (χ0v) is 4.96. The summed E-state index contributed by atoms with van der Waals surface area (Å²) in [6.07, 6.45) is 8.39. The van der Waals surface area contributed by atoms with Crippen molar-refractivity contribution in [2.75, 3.05) is 0 Å². The molecule has 0 aliphatic heterocycles. The molecule has 46 valence electrons. The number of hydrogen-bond donors (Lipinski definition) is 2. The summed E-state index contributed by atoms with van der Waals surface area (Å²) in [6, 6.07) is 0. The summed E-state index contributed by atoms with van der Waals surface area (Å²) in [7, 11) is 0. The molecule has 0 aromatic carbocycles. The second-order valence-electron chi connectivity index (χ2n) is 1.75. The minimum absolute atomic E-state index is 0.873. The molecule has 0 unspecified atom stereocenters. The molecule has 9 heavy (non-hydrogen) atoms. The number of nitrogens with two attached hydrogens (primary N) is 1. The maximum atomic E-state index is 6.90. The molecule has 1 aliphatic carbocycles. The van der Waals surface area contributed by atoms with Gasteiger partial charge in [0.2, 0.25) is 0 Å². The van der Waals surface area contributed by atoms with Gasteiger partial charge < -0.3 is 11.1 Å². The molecule has 3 N–H and O–H groups in total. The Bertz CT molecular complexity index is 209. The lowest BCUT2D eigenvalue weighted by Gasteiger charge is -1.91. The summed E-state index contributed by atoms with van der Waals surface area (Å²) in [4.78, 5) is 0. The summed E-state index contributed by atoms with van der Waals surface area (Å²) < 4.78 is 0. The molecule has 0 aromatic rings. The molecule has 0 atom stereocenters. The van der Waals surface area contributed by atoms with Gasteiger partial charge in [-0.1, -0.05) is 18.2 Å². The largest absolute Gasteiger partial charge is 0.404 e. The van der Waals surface area contributed by atoms with E-state index in [1.165, 1.54) is 12.4 Å². The SMILES string of the molecule is N=CC1=CC=C/C1=C/N. The van der Waals surface area contributed by atoms with E-state index in [2.05, 4.69) is 0 Å². The first-order valence-electron chi connectivity index (χ1n) is 2.69. The van der Waals surface area contributed by atoms with Crippen LogP contribution in [0.1, 0.15) is 0 Å². The van der Waals surface area contributed by atoms with Gasteiger partial charge in [0.15, 0.2) is 0 Å². The molecule has 0 radical (unpaired) electrons. The Balaban J connectivity index is 2.91. The Labute approximate surface area is 53.9 Å². The zero-order chi connectivity index (χ0) is 6.69. The third-order valence-corrected chi connectivity index (χ3v) is 1.22. The Morgan fingerprint density at radius 3 is 2.78 bits per heavy atom. The summed E-state index contributed by atoms with van der Waals surface area (Å²) in [5.74, 6) is 0. The van der Waals surface area contributed by atoms with Crippen molar-refractivity contribution in [2.24, 2.45) is 5.73 Å². The van der Waals surface area contributed by atoms with E-state index in [4.69, 9.17) is 11.1 Å². The molecular weight excluding hydrogens is 112 g/mol. The van der Waals surface area contributed by atoms with Crippen LogP contribution in [-0.4, -0.2) is 6.21 Å². The van der Waals surface area contributed by atoms with Crippen LogP contribution in [0, 0.1) is 5.41 Å². The highest BCUT2D eigenvalue weighted by Crippen LogP contribution is 2.13. The average Bonchev–Trinajstić information content (AvgIpc) is 2.33. The molecule has 1 rings (SSSR count). The topological polar surface area (TPSA) is 49.9 Å². The summed E-state index contributed by atoms with van der Waals surface area (Å²) in [6.45, 7) is 0. The normalized spacial score (nSPS) is 20.4. The van der Waals surface area contributed by atoms with Crippen LogP contribution in [0.25, 0.3) is 0 Å². The van der Waals surface area contributed by atoms with Crippen LogP contribution in [0.3, 0.4) is 0 Å². The van der Waals surface area contributed by atoms with Gasteiger partial charge in [-0.05, 0) is 5.57 Å². The predicted molar refractivity (Wildman–Crippen MR) is 38.3 cm³/mol. The number of rotatable bonds is 1. The van der Waals surface area contributed by atoms with Crippen LogP contribution in [0.5, 0.6) is 0 Å². The van der Waals surface area contributed by atoms with Crippen LogP contribution in [0.4, 0.5) is 0 Å². The van der Waals surface area contributed by atoms with E-state index in [1.807, 2.05) is 18.2 Å². The Morgan fingerprint density at radius 2 is 2.33 bits per heavy atom. The summed E-state index contributed by atoms with van der Waals surface area (Å²) in [5.41, 5.74) is 7.04. The van der Waals surface area contributed by atoms with Gasteiger partial charge in [-0.2, -0.15) is 0 Å². The molecule has 0 fully saturated rings. The Kier molecular flexibility index (Phi) is 1.49. The van der Waals surface area contributed by atoms with Gasteiger partial charge in [-0.25, -0.2) is 0 Å². The second-order valence-corrected chi connectivity index (χ2v) is 1.75. The lowest BCUT2D eigenvalue weighted by atomic mass is 10.2. The van der Waals surface area contributed by atoms with Gasteiger partial charge in [-0.15, -0.1) is 0 Å². The number of allylic oxidation sites excluding steroid dienone is 5. The van der Waals surface area contributed by atoms with Crippen LogP contribution >= 0.6 is 0 Å². The highest BCUT2D eigenvalue weighted by Gasteiger charge is 2.00. The van der Waals surface area contributed by atoms with Crippen molar-refractivity contribution in [3.05, 3.63) is 35.6 Å². The van der Waals surface area contributed by atoms with Crippen molar-refractivity contribution in [3.63, 3.8) is 0 Å². The first kappa shape index (κ1) is 5.82. The maximum Gasteiger partial charge on any atom is 0.0256 e. The molecule has 2 heteroatoms.